The highest BCUT2D eigenvalue weighted by Crippen LogP contribution is 2.10. The Balaban J connectivity index is 1.62. The highest BCUT2D eigenvalue weighted by atomic mass is 32.2. The van der Waals surface area contributed by atoms with Crippen LogP contribution in [0.25, 0.3) is 0 Å². The van der Waals surface area contributed by atoms with Crippen LogP contribution in [0.5, 0.6) is 5.75 Å². The number of nitrogens with zero attached hydrogens (tertiary/aromatic N) is 2. The molecule has 0 saturated carbocycles. The fourth-order valence-corrected chi connectivity index (χ4v) is 2.15. The van der Waals surface area contributed by atoms with Gasteiger partial charge in [0.2, 0.25) is 5.90 Å². The number of benzene rings is 1. The minimum Gasteiger partial charge on any atom is -0.493 e. The fraction of sp³-hybridized carbons (Fsp3) is 0.286. The second kappa shape index (κ2) is 8.27. The highest BCUT2D eigenvalue weighted by molar-refractivity contribution is 7.99. The summed E-state index contributed by atoms with van der Waals surface area (Å²) in [6.07, 6.45) is 3.11. The molecule has 5 nitrogen and oxygen atoms in total. The van der Waals surface area contributed by atoms with E-state index in [1.54, 1.807) is 17.8 Å². The van der Waals surface area contributed by atoms with Crippen molar-refractivity contribution in [3.63, 3.8) is 0 Å². The van der Waals surface area contributed by atoms with Crippen LogP contribution in [-0.2, 0) is 4.74 Å². The van der Waals surface area contributed by atoms with Gasteiger partial charge in [0.1, 0.15) is 18.1 Å². The van der Waals surface area contributed by atoms with Crippen molar-refractivity contribution in [2.75, 3.05) is 24.7 Å². The van der Waals surface area contributed by atoms with Crippen LogP contribution in [-0.4, -0.2) is 36.3 Å². The number of hydrogen-bond donors (Lipinski definition) is 1. The number of para-hydroxylation sites is 1. The predicted octanol–water partition coefficient (Wildman–Crippen LogP) is 2.06. The summed E-state index contributed by atoms with van der Waals surface area (Å²) in [6.45, 7) is 1.08. The lowest BCUT2D eigenvalue weighted by atomic mass is 10.3. The molecule has 1 aromatic carbocycles. The maximum absolute atomic E-state index is 5.59. The van der Waals surface area contributed by atoms with E-state index in [4.69, 9.17) is 15.2 Å². The molecule has 106 valence electrons. The molecule has 1 aromatic rings. The molecule has 0 fully saturated rings. The van der Waals surface area contributed by atoms with Crippen LogP contribution in [0, 0.1) is 0 Å². The summed E-state index contributed by atoms with van der Waals surface area (Å²) in [5.74, 6) is 3.10. The Bertz CT molecular complexity index is 500. The average molecular weight is 291 g/mol. The molecule has 1 heterocycles. The number of rotatable bonds is 7. The number of hydrogen-bond acceptors (Lipinski definition) is 6. The molecular formula is C14H17N3O2S. The molecule has 0 amide bonds. The summed E-state index contributed by atoms with van der Waals surface area (Å²) in [7, 11) is 0. The van der Waals surface area contributed by atoms with Gasteiger partial charge in [-0.1, -0.05) is 18.2 Å². The number of ether oxygens (including phenoxy) is 2. The second-order valence-electron chi connectivity index (χ2n) is 3.95. The Kier molecular flexibility index (Phi) is 5.98. The average Bonchev–Trinajstić information content (AvgIpc) is 2.50. The lowest BCUT2D eigenvalue weighted by Gasteiger charge is -2.12. The van der Waals surface area contributed by atoms with Crippen molar-refractivity contribution in [2.45, 2.75) is 0 Å². The van der Waals surface area contributed by atoms with Gasteiger partial charge in [-0.3, -0.25) is 0 Å². The first-order valence-electron chi connectivity index (χ1n) is 6.28. The quantitative estimate of drug-likeness (QED) is 0.781. The van der Waals surface area contributed by atoms with Crippen molar-refractivity contribution in [1.82, 2.24) is 0 Å². The third kappa shape index (κ3) is 4.97. The second-order valence-corrected chi connectivity index (χ2v) is 5.05. The number of thioether (sulfide) groups is 1. The zero-order valence-electron chi connectivity index (χ0n) is 11.1. The van der Waals surface area contributed by atoms with Gasteiger partial charge in [-0.15, -0.1) is 22.0 Å². The van der Waals surface area contributed by atoms with Gasteiger partial charge in [0.05, 0.1) is 12.4 Å². The smallest absolute Gasteiger partial charge is 0.219 e. The van der Waals surface area contributed by atoms with Gasteiger partial charge in [0.25, 0.3) is 0 Å². The van der Waals surface area contributed by atoms with Gasteiger partial charge < -0.3 is 15.2 Å². The zero-order chi connectivity index (χ0) is 14.0. The van der Waals surface area contributed by atoms with Gasteiger partial charge in [-0.05, 0) is 24.4 Å². The summed E-state index contributed by atoms with van der Waals surface area (Å²) in [5, 5.41) is 8.01. The third-order valence-electron chi connectivity index (χ3n) is 2.43. The van der Waals surface area contributed by atoms with E-state index in [9.17, 15) is 0 Å². The minimum atomic E-state index is 0.424. The first-order valence-corrected chi connectivity index (χ1v) is 7.44. The van der Waals surface area contributed by atoms with E-state index >= 15 is 0 Å². The Labute approximate surface area is 122 Å². The van der Waals surface area contributed by atoms with Crippen LogP contribution in [0.1, 0.15) is 0 Å². The molecule has 1 aliphatic heterocycles. The summed E-state index contributed by atoms with van der Waals surface area (Å²) in [5.41, 5.74) is 6.00. The molecule has 0 saturated heterocycles. The van der Waals surface area contributed by atoms with Crippen LogP contribution in [0.2, 0.25) is 0 Å². The monoisotopic (exact) mass is 291 g/mol. The maximum Gasteiger partial charge on any atom is 0.219 e. The largest absolute Gasteiger partial charge is 0.493 e. The standard InChI is InChI=1S/C14H17N3O2S/c15-7-6-12-10-19-14(17-16-12)11-20-9-8-18-13-4-2-1-3-5-13/h1-7H,8-11,15H2/b7-6+. The van der Waals surface area contributed by atoms with E-state index in [0.717, 1.165) is 17.2 Å². The van der Waals surface area contributed by atoms with Crippen molar-refractivity contribution >= 4 is 23.4 Å². The predicted molar refractivity (Wildman–Crippen MR) is 83.4 cm³/mol. The summed E-state index contributed by atoms with van der Waals surface area (Å²) >= 11 is 1.70. The van der Waals surface area contributed by atoms with Gasteiger partial charge >= 0.3 is 0 Å². The lowest BCUT2D eigenvalue weighted by Crippen LogP contribution is -2.19. The molecule has 2 N–H and O–H groups in total. The molecule has 0 aliphatic carbocycles. The van der Waals surface area contributed by atoms with Crippen LogP contribution >= 0.6 is 11.8 Å². The molecule has 6 heteroatoms. The Morgan fingerprint density at radius 1 is 1.30 bits per heavy atom. The summed E-state index contributed by atoms with van der Waals surface area (Å²) in [6, 6.07) is 9.77. The molecule has 2 rings (SSSR count). The molecule has 0 radical (unpaired) electrons. The van der Waals surface area contributed by atoms with Gasteiger partial charge in [-0.2, -0.15) is 0 Å². The van der Waals surface area contributed by atoms with E-state index in [0.29, 0.717) is 24.9 Å². The molecule has 0 unspecified atom stereocenters. The summed E-state index contributed by atoms with van der Waals surface area (Å²) in [4.78, 5) is 0. The van der Waals surface area contributed by atoms with Crippen molar-refractivity contribution in [3.8, 4) is 5.75 Å². The van der Waals surface area contributed by atoms with E-state index in [1.165, 1.54) is 6.20 Å². The molecule has 0 atom stereocenters. The van der Waals surface area contributed by atoms with Crippen molar-refractivity contribution < 1.29 is 9.47 Å². The normalized spacial score (nSPS) is 14.6. The molecule has 20 heavy (non-hydrogen) atoms. The molecule has 0 spiro atoms. The molecular weight excluding hydrogens is 274 g/mol. The lowest BCUT2D eigenvalue weighted by molar-refractivity contribution is 0.343. The summed E-state index contributed by atoms with van der Waals surface area (Å²) < 4.78 is 11.1. The van der Waals surface area contributed by atoms with E-state index in [-0.39, 0.29) is 0 Å². The topological polar surface area (TPSA) is 69.2 Å². The van der Waals surface area contributed by atoms with Crippen LogP contribution in [0.15, 0.2) is 52.8 Å². The van der Waals surface area contributed by atoms with Gasteiger partial charge in [0, 0.05) is 5.75 Å². The zero-order valence-corrected chi connectivity index (χ0v) is 11.9. The maximum atomic E-state index is 5.59. The minimum absolute atomic E-state index is 0.424. The third-order valence-corrected chi connectivity index (χ3v) is 3.34. The Morgan fingerprint density at radius 3 is 2.85 bits per heavy atom. The Hall–Kier alpha value is -1.95. The van der Waals surface area contributed by atoms with Gasteiger partial charge in [-0.25, -0.2) is 0 Å². The Morgan fingerprint density at radius 2 is 2.15 bits per heavy atom. The molecule has 0 aromatic heterocycles. The number of nitrogens with two attached hydrogens (primary N) is 1. The van der Waals surface area contributed by atoms with Crippen LogP contribution in [0.3, 0.4) is 0 Å². The van der Waals surface area contributed by atoms with E-state index < -0.39 is 0 Å². The first kappa shape index (κ1) is 14.5. The molecule has 1 aliphatic rings. The van der Waals surface area contributed by atoms with Crippen molar-refractivity contribution in [3.05, 3.63) is 42.6 Å². The van der Waals surface area contributed by atoms with E-state index in [2.05, 4.69) is 10.2 Å². The fourth-order valence-electron chi connectivity index (χ4n) is 1.49. The molecule has 0 bridgehead atoms. The first-order chi connectivity index (χ1) is 9.88. The van der Waals surface area contributed by atoms with Gasteiger partial charge in [0.15, 0.2) is 0 Å². The SMILES string of the molecule is N/C=C/C1=NN=C(CSCCOc2ccccc2)OC1. The van der Waals surface area contributed by atoms with Crippen LogP contribution in [0.4, 0.5) is 0 Å². The highest BCUT2D eigenvalue weighted by Gasteiger charge is 2.08. The van der Waals surface area contributed by atoms with Crippen LogP contribution < -0.4 is 10.5 Å². The van der Waals surface area contributed by atoms with Crippen molar-refractivity contribution in [1.29, 1.82) is 0 Å². The van der Waals surface area contributed by atoms with E-state index in [1.807, 2.05) is 30.3 Å². The van der Waals surface area contributed by atoms with Crippen molar-refractivity contribution in [2.24, 2.45) is 15.9 Å².